The highest BCUT2D eigenvalue weighted by atomic mass is 32.3. The fourth-order valence-corrected chi connectivity index (χ4v) is 6.61. The maximum absolute atomic E-state index is 14.4. The molecule has 0 radical (unpaired) electrons. The lowest BCUT2D eigenvalue weighted by molar-refractivity contribution is 0.0951. The van der Waals surface area contributed by atoms with Crippen molar-refractivity contribution >= 4 is 60.5 Å². The van der Waals surface area contributed by atoms with E-state index in [4.69, 9.17) is 15.6 Å². The normalized spacial score (nSPS) is 12.4. The molecule has 0 heterocycles. The van der Waals surface area contributed by atoms with E-state index in [0.717, 1.165) is 22.8 Å². The molecule has 5 aromatic carbocycles. The molecule has 5 rings (SSSR count). The van der Waals surface area contributed by atoms with Gasteiger partial charge in [0.15, 0.2) is 10.8 Å². The van der Waals surface area contributed by atoms with Crippen LogP contribution in [0.1, 0.15) is 49.0 Å². The van der Waals surface area contributed by atoms with Crippen molar-refractivity contribution in [2.75, 3.05) is 4.90 Å². The average molecular weight is 636 g/mol. The zero-order valence-electron chi connectivity index (χ0n) is 25.8. The Morgan fingerprint density at radius 1 is 0.826 bits per heavy atom. The van der Waals surface area contributed by atoms with Gasteiger partial charge in [0, 0.05) is 11.3 Å². The summed E-state index contributed by atoms with van der Waals surface area (Å²) in [6.07, 6.45) is 0.965. The summed E-state index contributed by atoms with van der Waals surface area (Å²) in [6.45, 7) is 3.58. The number of unbranched alkanes of at least 4 members (excludes halogenated alkanes) is 1. The lowest BCUT2D eigenvalue weighted by atomic mass is 9.97. The number of ether oxygens (including phenoxy) is 1. The molecule has 0 unspecified atom stereocenters. The molecule has 0 aliphatic carbocycles. The smallest absolute Gasteiger partial charge is 0.415 e. The van der Waals surface area contributed by atoms with E-state index in [1.807, 2.05) is 73.7 Å². The van der Waals surface area contributed by atoms with Crippen molar-refractivity contribution in [3.8, 4) is 0 Å². The van der Waals surface area contributed by atoms with Gasteiger partial charge in [0.1, 0.15) is 12.6 Å². The van der Waals surface area contributed by atoms with Crippen LogP contribution < -0.4 is 4.90 Å². The van der Waals surface area contributed by atoms with Gasteiger partial charge in [-0.2, -0.15) is 0 Å². The summed E-state index contributed by atoms with van der Waals surface area (Å²) in [5.41, 5.74) is 1.27. The van der Waals surface area contributed by atoms with Crippen LogP contribution in [0, 0.1) is 10.8 Å². The number of fused-ring (bicyclic) bond motifs is 2. The first-order valence-corrected chi connectivity index (χ1v) is 16.7. The van der Waals surface area contributed by atoms with Crippen LogP contribution in [0.4, 0.5) is 10.5 Å². The first kappa shape index (κ1) is 32.6. The van der Waals surface area contributed by atoms with Gasteiger partial charge in [0.05, 0.1) is 10.6 Å². The van der Waals surface area contributed by atoms with Gasteiger partial charge >= 0.3 is 6.09 Å². The molecule has 236 valence electrons. The lowest BCUT2D eigenvalue weighted by Crippen LogP contribution is -2.44. The Kier molecular flexibility index (Phi) is 9.96. The molecule has 0 fully saturated rings. The fourth-order valence-electron chi connectivity index (χ4n) is 5.35. The van der Waals surface area contributed by atoms with Crippen molar-refractivity contribution in [2.45, 2.75) is 50.7 Å². The number of Topliss-reactive ketones (excluding diaryl/α,β-unsaturated/α-hetero) is 1. The number of rotatable bonds is 11. The third-order valence-corrected chi connectivity index (χ3v) is 9.66. The number of carbonyl (C=O) groups is 2. The Morgan fingerprint density at radius 2 is 1.48 bits per heavy atom. The van der Waals surface area contributed by atoms with Crippen LogP contribution in [0.2, 0.25) is 0 Å². The third-order valence-electron chi connectivity index (χ3n) is 7.95. The highest BCUT2D eigenvalue weighted by Gasteiger charge is 2.33. The Labute approximate surface area is 270 Å². The average Bonchev–Trinajstić information content (AvgIpc) is 3.08. The van der Waals surface area contributed by atoms with Gasteiger partial charge in [0.25, 0.3) is 0 Å². The van der Waals surface area contributed by atoms with Gasteiger partial charge in [0.2, 0.25) is 0 Å². The van der Waals surface area contributed by atoms with Crippen LogP contribution in [0.3, 0.4) is 0 Å². The Morgan fingerprint density at radius 3 is 2.20 bits per heavy atom. The van der Waals surface area contributed by atoms with Gasteiger partial charge in [-0.05, 0) is 71.1 Å². The van der Waals surface area contributed by atoms with E-state index in [2.05, 4.69) is 0 Å². The molecule has 9 heteroatoms. The van der Waals surface area contributed by atoms with Crippen molar-refractivity contribution in [1.82, 2.24) is 0 Å². The lowest BCUT2D eigenvalue weighted by Gasteiger charge is -2.34. The van der Waals surface area contributed by atoms with Gasteiger partial charge in [-0.15, -0.1) is 10.6 Å². The van der Waals surface area contributed by atoms with E-state index in [1.54, 1.807) is 43.3 Å². The predicted molar refractivity (Wildman–Crippen MR) is 187 cm³/mol. The Hall–Kier alpha value is -4.83. The van der Waals surface area contributed by atoms with Gasteiger partial charge in [-0.3, -0.25) is 24.2 Å². The molecule has 0 saturated heterocycles. The number of carbonyl (C=O) groups excluding carboxylic acids is 2. The number of hydrogen-bond acceptors (Lipinski definition) is 7. The molecule has 1 atom stereocenters. The van der Waals surface area contributed by atoms with Crippen LogP contribution in [0.25, 0.3) is 21.5 Å². The molecule has 5 aromatic rings. The number of amides is 1. The van der Waals surface area contributed by atoms with Crippen molar-refractivity contribution in [1.29, 1.82) is 10.8 Å². The van der Waals surface area contributed by atoms with Crippen LogP contribution in [0.15, 0.2) is 114 Å². The summed E-state index contributed by atoms with van der Waals surface area (Å²) in [5, 5.41) is 19.1. The molecule has 0 saturated carbocycles. The summed E-state index contributed by atoms with van der Waals surface area (Å²) in [4.78, 5) is 29.5. The second-order valence-corrected chi connectivity index (χ2v) is 13.1. The minimum atomic E-state index is -3.89. The van der Waals surface area contributed by atoms with Crippen LogP contribution in [0.5, 0.6) is 0 Å². The number of nitrogens with one attached hydrogen (secondary N) is 2. The van der Waals surface area contributed by atoms with Crippen LogP contribution in [-0.4, -0.2) is 37.8 Å². The van der Waals surface area contributed by atoms with Gasteiger partial charge in [-0.1, -0.05) is 98.3 Å². The monoisotopic (exact) mass is 635 g/mol. The second-order valence-electron chi connectivity index (χ2n) is 11.1. The van der Waals surface area contributed by atoms with E-state index < -0.39 is 33.6 Å². The maximum atomic E-state index is 14.4. The van der Waals surface area contributed by atoms with Crippen molar-refractivity contribution < 1.29 is 23.4 Å². The van der Waals surface area contributed by atoms with E-state index in [1.165, 1.54) is 11.0 Å². The molecule has 0 bridgehead atoms. The minimum Gasteiger partial charge on any atom is -0.444 e. The zero-order valence-corrected chi connectivity index (χ0v) is 26.6. The molecule has 0 aliphatic heterocycles. The fraction of sp³-hybridized carbons (Fsp3) is 0.189. The second kappa shape index (κ2) is 14.1. The van der Waals surface area contributed by atoms with Crippen molar-refractivity contribution in [3.05, 3.63) is 120 Å². The summed E-state index contributed by atoms with van der Waals surface area (Å²) < 4.78 is 28.2. The number of benzene rings is 5. The van der Waals surface area contributed by atoms with Crippen LogP contribution >= 0.6 is 10.6 Å². The number of hydrogen-bond donors (Lipinski definition) is 4. The summed E-state index contributed by atoms with van der Waals surface area (Å²) >= 11 is 0. The van der Waals surface area contributed by atoms with Gasteiger partial charge < -0.3 is 10.1 Å². The number of nitrogens with zero attached hydrogens (tertiary/aromatic N) is 1. The molecule has 8 nitrogen and oxygen atoms in total. The Bertz CT molecular complexity index is 1930. The minimum absolute atomic E-state index is 0.0100. The third kappa shape index (κ3) is 6.87. The van der Waals surface area contributed by atoms with Gasteiger partial charge in [-0.25, -0.2) is 4.79 Å². The molecule has 46 heavy (non-hydrogen) atoms. The first-order valence-electron chi connectivity index (χ1n) is 15.1. The highest BCUT2D eigenvalue weighted by Crippen LogP contribution is 2.51. The standard InChI is InChI=1S/C37H37N3O5S/c1-3-4-18-34(38)36(39)46(43,44)31-22-29-16-10-11-17-32(29)33(23-31)35(41)25(2)40(37(42)45-24-26-12-6-5-7-13-26)30-20-19-27-14-8-9-15-28(27)21-30/h5-17,19-23,25,38-39,43-44H,3-4,18,24H2,1-2H3/t25-/m0/s1. The molecular weight excluding hydrogens is 598 g/mol. The Balaban J connectivity index is 1.56. The summed E-state index contributed by atoms with van der Waals surface area (Å²) in [5.74, 6) is -0.453. The highest BCUT2D eigenvalue weighted by molar-refractivity contribution is 8.38. The van der Waals surface area contributed by atoms with Crippen molar-refractivity contribution in [3.63, 3.8) is 0 Å². The van der Waals surface area contributed by atoms with E-state index in [9.17, 15) is 18.7 Å². The predicted octanol–water partition coefficient (Wildman–Crippen LogP) is 9.70. The maximum Gasteiger partial charge on any atom is 0.415 e. The van der Waals surface area contributed by atoms with E-state index in [0.29, 0.717) is 22.9 Å². The molecule has 0 aromatic heterocycles. The molecule has 4 N–H and O–H groups in total. The summed E-state index contributed by atoms with van der Waals surface area (Å²) in [6, 6.07) is 31.4. The van der Waals surface area contributed by atoms with Crippen molar-refractivity contribution in [2.24, 2.45) is 0 Å². The van der Waals surface area contributed by atoms with Crippen LogP contribution in [-0.2, 0) is 11.3 Å². The quantitative estimate of drug-likeness (QED) is 0.0651. The molecule has 0 spiro atoms. The zero-order chi connectivity index (χ0) is 32.8. The SMILES string of the molecule is CCCCC(=N)C(=N)S(O)(O)c1cc(C(=O)[C@H](C)N(C(=O)OCc2ccccc2)c2ccc3ccccc3c2)c2ccccc2c1. The molecule has 0 aliphatic rings. The number of anilines is 1. The summed E-state index contributed by atoms with van der Waals surface area (Å²) in [7, 11) is -3.89. The van der Waals surface area contributed by atoms with E-state index in [-0.39, 0.29) is 29.2 Å². The van der Waals surface area contributed by atoms with E-state index >= 15 is 0 Å². The molecular formula is C37H37N3O5S. The first-order chi connectivity index (χ1) is 22.1. The topological polar surface area (TPSA) is 135 Å². The molecule has 1 amide bonds. The number of ketones is 1. The largest absolute Gasteiger partial charge is 0.444 e.